The van der Waals surface area contributed by atoms with Crippen LogP contribution in [0.2, 0.25) is 0 Å². The monoisotopic (exact) mass is 694 g/mol. The number of aliphatic carboxylic acids is 1. The molecule has 0 saturated carbocycles. The number of aromatic nitrogens is 3. The van der Waals surface area contributed by atoms with E-state index in [1.54, 1.807) is 6.20 Å². The highest BCUT2D eigenvalue weighted by atomic mass is 16.4. The van der Waals surface area contributed by atoms with E-state index in [4.69, 9.17) is 14.4 Å². The lowest BCUT2D eigenvalue weighted by Crippen LogP contribution is -2.35. The number of nitrogens with one attached hydrogen (secondary N) is 1. The number of rotatable bonds is 11. The molecule has 3 N–H and O–H groups in total. The van der Waals surface area contributed by atoms with Gasteiger partial charge in [0, 0.05) is 42.2 Å². The zero-order valence-corrected chi connectivity index (χ0v) is 29.7. The Kier molecular flexibility index (Phi) is 9.99. The highest BCUT2D eigenvalue weighted by Gasteiger charge is 2.25. The summed E-state index contributed by atoms with van der Waals surface area (Å²) in [7, 11) is 0. The third-order valence-corrected chi connectivity index (χ3v) is 10.3. The summed E-state index contributed by atoms with van der Waals surface area (Å²) in [5, 5.41) is 33.4. The summed E-state index contributed by atoms with van der Waals surface area (Å²) in [6.07, 6.45) is 6.70. The number of benzene rings is 3. The summed E-state index contributed by atoms with van der Waals surface area (Å²) in [6.45, 7) is 8.40. The molecule has 0 unspecified atom stereocenters. The molecular weight excluding hydrogens is 653 g/mol. The number of aliphatic hydroxyl groups is 1. The first-order valence-corrected chi connectivity index (χ1v) is 17.8. The van der Waals surface area contributed by atoms with E-state index in [1.807, 2.05) is 55.6 Å². The number of oxazole rings is 1. The molecule has 6 aromatic rings. The van der Waals surface area contributed by atoms with Crippen LogP contribution < -0.4 is 5.32 Å². The second-order valence-electron chi connectivity index (χ2n) is 14.0. The first-order chi connectivity index (χ1) is 25.2. The minimum atomic E-state index is -0.728. The second kappa shape index (κ2) is 14.9. The molecule has 0 amide bonds. The number of carboxylic acid groups (broad SMARTS) is 1. The van der Waals surface area contributed by atoms with Crippen molar-refractivity contribution in [1.29, 1.82) is 5.26 Å². The van der Waals surface area contributed by atoms with Crippen molar-refractivity contribution in [2.24, 2.45) is 11.8 Å². The van der Waals surface area contributed by atoms with Crippen molar-refractivity contribution in [3.63, 3.8) is 0 Å². The fourth-order valence-electron chi connectivity index (χ4n) is 7.16. The van der Waals surface area contributed by atoms with Crippen LogP contribution in [0.1, 0.15) is 54.0 Å². The predicted octanol–water partition coefficient (Wildman–Crippen LogP) is 8.19. The van der Waals surface area contributed by atoms with Gasteiger partial charge < -0.3 is 19.9 Å². The average Bonchev–Trinajstić information content (AvgIpc) is 3.59. The molecule has 4 heterocycles. The summed E-state index contributed by atoms with van der Waals surface area (Å²) in [6, 6.07) is 22.5. The van der Waals surface area contributed by atoms with Gasteiger partial charge in [-0.1, -0.05) is 31.2 Å². The maximum atomic E-state index is 11.4. The van der Waals surface area contributed by atoms with Crippen molar-refractivity contribution in [2.75, 3.05) is 25.0 Å². The molecule has 0 aliphatic carbocycles. The lowest BCUT2D eigenvalue weighted by molar-refractivity contribution is -0.143. The van der Waals surface area contributed by atoms with Crippen LogP contribution in [-0.2, 0) is 17.8 Å². The van der Waals surface area contributed by atoms with Crippen LogP contribution in [0.5, 0.6) is 0 Å². The molecule has 0 spiro atoms. The van der Waals surface area contributed by atoms with Crippen LogP contribution in [0.15, 0.2) is 77.5 Å². The maximum Gasteiger partial charge on any atom is 0.306 e. The average molecular weight is 695 g/mol. The molecule has 7 rings (SSSR count). The van der Waals surface area contributed by atoms with E-state index in [0.717, 1.165) is 68.4 Å². The number of pyridine rings is 2. The van der Waals surface area contributed by atoms with E-state index in [1.165, 1.54) is 0 Å². The minimum absolute atomic E-state index is 0.183. The largest absolute Gasteiger partial charge is 0.481 e. The molecule has 10 heteroatoms. The van der Waals surface area contributed by atoms with Gasteiger partial charge in [0.15, 0.2) is 11.4 Å². The first-order valence-electron chi connectivity index (χ1n) is 17.8. The van der Waals surface area contributed by atoms with Gasteiger partial charge in [0.25, 0.3) is 0 Å². The van der Waals surface area contributed by atoms with Gasteiger partial charge in [-0.2, -0.15) is 5.26 Å². The van der Waals surface area contributed by atoms with Crippen LogP contribution in [0.25, 0.3) is 44.6 Å². The standard InChI is InChI=1S/C42H42N6O4/c1-25(24-49)10-11-28-18-31-12-15-44-40(38(31)45-22-28)46-36-9-5-7-34(27(36)3)33-6-4-8-35(26(33)2)41-47-37-20-29(19-32(21-43)39(37)52-41)23-48-16-13-30(14-17-48)42(50)51/h4-9,12,15,18-20,22,25,30,49H,10-11,13-14,16-17,23-24H2,1-3H3,(H,44,46)(H,50,51)/t25-/m1/s1. The number of hydrogen-bond acceptors (Lipinski definition) is 9. The molecule has 0 bridgehead atoms. The molecule has 1 atom stereocenters. The number of nitrogens with zero attached hydrogens (tertiary/aromatic N) is 5. The molecular formula is C42H42N6O4. The van der Waals surface area contributed by atoms with Crippen molar-refractivity contribution >= 4 is 39.5 Å². The number of likely N-dealkylation sites (tertiary alicyclic amines) is 1. The van der Waals surface area contributed by atoms with Crippen molar-refractivity contribution in [3.8, 4) is 28.7 Å². The summed E-state index contributed by atoms with van der Waals surface area (Å²) in [4.78, 5) is 27.9. The summed E-state index contributed by atoms with van der Waals surface area (Å²) < 4.78 is 6.30. The zero-order valence-electron chi connectivity index (χ0n) is 29.7. The third-order valence-electron chi connectivity index (χ3n) is 10.3. The van der Waals surface area contributed by atoms with Crippen molar-refractivity contribution in [3.05, 3.63) is 101 Å². The number of hydrogen-bond donors (Lipinski definition) is 3. The van der Waals surface area contributed by atoms with Gasteiger partial charge in [0.05, 0.1) is 11.5 Å². The zero-order chi connectivity index (χ0) is 36.4. The molecule has 264 valence electrons. The molecule has 0 radical (unpaired) electrons. The normalized spacial score (nSPS) is 14.4. The molecule has 52 heavy (non-hydrogen) atoms. The van der Waals surface area contributed by atoms with Gasteiger partial charge in [-0.25, -0.2) is 9.97 Å². The van der Waals surface area contributed by atoms with E-state index in [0.29, 0.717) is 60.8 Å². The number of carboxylic acids is 1. The number of anilines is 2. The Balaban J connectivity index is 1.15. The predicted molar refractivity (Wildman–Crippen MR) is 202 cm³/mol. The number of fused-ring (bicyclic) bond motifs is 2. The van der Waals surface area contributed by atoms with Crippen LogP contribution >= 0.6 is 0 Å². The van der Waals surface area contributed by atoms with E-state index in [-0.39, 0.29) is 18.4 Å². The number of carbonyl (C=O) groups is 1. The molecule has 1 fully saturated rings. The smallest absolute Gasteiger partial charge is 0.306 e. The van der Waals surface area contributed by atoms with Gasteiger partial charge in [-0.05, 0) is 128 Å². The quantitative estimate of drug-likeness (QED) is 0.121. The highest BCUT2D eigenvalue weighted by molar-refractivity contribution is 5.91. The van der Waals surface area contributed by atoms with Crippen LogP contribution in [0, 0.1) is 37.0 Å². The lowest BCUT2D eigenvalue weighted by atomic mass is 9.93. The van der Waals surface area contributed by atoms with Gasteiger partial charge in [-0.3, -0.25) is 14.7 Å². The van der Waals surface area contributed by atoms with E-state index in [9.17, 15) is 20.3 Å². The topological polar surface area (TPSA) is 148 Å². The Morgan fingerprint density at radius 3 is 2.52 bits per heavy atom. The van der Waals surface area contributed by atoms with Crippen molar-refractivity contribution < 1.29 is 19.4 Å². The molecule has 3 aromatic heterocycles. The van der Waals surface area contributed by atoms with Crippen LogP contribution in [0.3, 0.4) is 0 Å². The van der Waals surface area contributed by atoms with Gasteiger partial charge in [0.1, 0.15) is 17.1 Å². The number of aryl methyl sites for hydroxylation is 1. The lowest BCUT2D eigenvalue weighted by Gasteiger charge is -2.30. The SMILES string of the molecule is Cc1c(Nc2nccc3cc(CC[C@@H](C)CO)cnc23)cccc1-c1cccc(-c2nc3cc(CN4CCC(C(=O)O)CC4)cc(C#N)c3o2)c1C. The number of aliphatic hydroxyl groups excluding tert-OH is 1. The highest BCUT2D eigenvalue weighted by Crippen LogP contribution is 2.38. The molecule has 1 aliphatic rings. The number of nitriles is 1. The Morgan fingerprint density at radius 2 is 1.77 bits per heavy atom. The van der Waals surface area contributed by atoms with Crippen LogP contribution in [-0.4, -0.2) is 55.7 Å². The molecule has 3 aromatic carbocycles. The summed E-state index contributed by atoms with van der Waals surface area (Å²) >= 11 is 0. The van der Waals surface area contributed by atoms with Crippen molar-refractivity contribution in [2.45, 2.75) is 53.0 Å². The Labute approximate surface area is 302 Å². The Morgan fingerprint density at radius 1 is 1.02 bits per heavy atom. The fraction of sp³-hybridized carbons (Fsp3) is 0.310. The minimum Gasteiger partial charge on any atom is -0.481 e. The van der Waals surface area contributed by atoms with Crippen LogP contribution in [0.4, 0.5) is 11.5 Å². The third kappa shape index (κ3) is 7.11. The maximum absolute atomic E-state index is 11.4. The van der Waals surface area contributed by atoms with E-state index < -0.39 is 5.97 Å². The van der Waals surface area contributed by atoms with E-state index in [2.05, 4.69) is 53.3 Å². The Bertz CT molecular complexity index is 2320. The van der Waals surface area contributed by atoms with Crippen molar-refractivity contribution in [1.82, 2.24) is 19.9 Å². The molecule has 1 aliphatic heterocycles. The summed E-state index contributed by atoms with van der Waals surface area (Å²) in [5.41, 5.74) is 10.3. The van der Waals surface area contributed by atoms with E-state index >= 15 is 0 Å². The van der Waals surface area contributed by atoms with Gasteiger partial charge in [-0.15, -0.1) is 0 Å². The second-order valence-corrected chi connectivity index (χ2v) is 14.0. The Hall–Kier alpha value is -5.63. The molecule has 1 saturated heterocycles. The molecule has 10 nitrogen and oxygen atoms in total. The van der Waals surface area contributed by atoms with Gasteiger partial charge in [0.2, 0.25) is 5.89 Å². The van der Waals surface area contributed by atoms with Gasteiger partial charge >= 0.3 is 5.97 Å². The fourth-order valence-corrected chi connectivity index (χ4v) is 7.16. The summed E-state index contributed by atoms with van der Waals surface area (Å²) in [5.74, 6) is 0.362. The first kappa shape index (κ1) is 34.8. The number of piperidine rings is 1.